The number of likely N-dealkylation sites (N-methyl/N-ethyl adjacent to an activating group) is 1. The number of fused-ring (bicyclic) bond motifs is 2. The van der Waals surface area contributed by atoms with Gasteiger partial charge in [0, 0.05) is 75.5 Å². The molecule has 1 amide bonds. The predicted molar refractivity (Wildman–Crippen MR) is 190 cm³/mol. The van der Waals surface area contributed by atoms with E-state index in [4.69, 9.17) is 0 Å². The van der Waals surface area contributed by atoms with E-state index in [0.717, 1.165) is 55.8 Å². The van der Waals surface area contributed by atoms with E-state index >= 15 is 0 Å². The summed E-state index contributed by atoms with van der Waals surface area (Å²) in [6, 6.07) is 18.4. The quantitative estimate of drug-likeness (QED) is 0.262. The van der Waals surface area contributed by atoms with E-state index in [9.17, 15) is 9.59 Å². The fraction of sp³-hybridized carbons (Fsp3) is 0.289. The molecule has 0 saturated carbocycles. The maximum absolute atomic E-state index is 14.5. The Morgan fingerprint density at radius 3 is 2.55 bits per heavy atom. The topological polar surface area (TPSA) is 106 Å². The summed E-state index contributed by atoms with van der Waals surface area (Å²) in [6.07, 6.45) is 6.05. The van der Waals surface area contributed by atoms with Crippen LogP contribution in [-0.4, -0.2) is 84.4 Å². The third-order valence-corrected chi connectivity index (χ3v) is 9.33. The summed E-state index contributed by atoms with van der Waals surface area (Å²) in [7, 11) is 4.12. The average Bonchev–Trinajstić information content (AvgIpc) is 3.64. The Kier molecular flexibility index (Phi) is 8.82. The number of para-hydroxylation sites is 1. The Bertz CT molecular complexity index is 2280. The van der Waals surface area contributed by atoms with Crippen LogP contribution in [0.25, 0.3) is 22.1 Å². The van der Waals surface area contributed by atoms with Gasteiger partial charge < -0.3 is 15.1 Å². The minimum Gasteiger partial charge on any atom is -0.344 e. The van der Waals surface area contributed by atoms with Crippen molar-refractivity contribution in [2.24, 2.45) is 7.05 Å². The Labute approximate surface area is 284 Å². The van der Waals surface area contributed by atoms with Gasteiger partial charge in [0.2, 0.25) is 0 Å². The van der Waals surface area contributed by atoms with Gasteiger partial charge >= 0.3 is 0 Å². The van der Waals surface area contributed by atoms with Crippen molar-refractivity contribution in [3.63, 3.8) is 0 Å². The van der Waals surface area contributed by atoms with Crippen molar-refractivity contribution in [1.29, 1.82) is 0 Å². The molecule has 1 aliphatic rings. The fourth-order valence-corrected chi connectivity index (χ4v) is 6.59. The number of hydrogen-bond acceptors (Lipinski definition) is 7. The van der Waals surface area contributed by atoms with Gasteiger partial charge in [0.05, 0.1) is 34.6 Å². The minimum atomic E-state index is -0.532. The molecular formula is C38H39N9O2. The molecule has 1 unspecified atom stereocenters. The maximum Gasteiger partial charge on any atom is 0.264 e. The number of benzene rings is 2. The van der Waals surface area contributed by atoms with Crippen LogP contribution in [0, 0.1) is 18.8 Å². The SMILES string of the molecule is Cc1nn2cccnc2c1C(=O)NC(C)c1cc2cccc(C#Cc3cnn(C)c3CCN3CCN(C)CC3)c2c(=O)n1-c1ccccc1. The summed E-state index contributed by atoms with van der Waals surface area (Å²) in [5, 5.41) is 13.3. The van der Waals surface area contributed by atoms with Crippen LogP contribution in [0.4, 0.5) is 0 Å². The first-order valence-electron chi connectivity index (χ1n) is 16.6. The lowest BCUT2D eigenvalue weighted by atomic mass is 10.0. The van der Waals surface area contributed by atoms with Crippen LogP contribution in [-0.2, 0) is 13.5 Å². The number of nitrogens with zero attached hydrogens (tertiary/aromatic N) is 8. The van der Waals surface area contributed by atoms with E-state index in [-0.39, 0.29) is 11.5 Å². The molecule has 1 aliphatic heterocycles. The Morgan fingerprint density at radius 2 is 1.76 bits per heavy atom. The Balaban J connectivity index is 1.25. The lowest BCUT2D eigenvalue weighted by molar-refractivity contribution is 0.0939. The summed E-state index contributed by atoms with van der Waals surface area (Å²) in [4.78, 5) is 37.4. The smallest absolute Gasteiger partial charge is 0.264 e. The second-order valence-corrected chi connectivity index (χ2v) is 12.6. The minimum absolute atomic E-state index is 0.208. The monoisotopic (exact) mass is 653 g/mol. The van der Waals surface area contributed by atoms with Crippen LogP contribution in [0.1, 0.15) is 51.5 Å². The van der Waals surface area contributed by atoms with Crippen molar-refractivity contribution in [3.8, 4) is 17.5 Å². The van der Waals surface area contributed by atoms with E-state index in [1.165, 1.54) is 0 Å². The van der Waals surface area contributed by atoms with Gasteiger partial charge in [-0.1, -0.05) is 42.2 Å². The summed E-state index contributed by atoms with van der Waals surface area (Å²) < 4.78 is 5.17. The molecule has 1 saturated heterocycles. The van der Waals surface area contributed by atoms with Crippen molar-refractivity contribution in [2.75, 3.05) is 39.8 Å². The molecule has 1 N–H and O–H groups in total. The molecule has 0 spiro atoms. The molecular weight excluding hydrogens is 614 g/mol. The van der Waals surface area contributed by atoms with E-state index < -0.39 is 6.04 Å². The molecule has 11 heteroatoms. The lowest BCUT2D eigenvalue weighted by Crippen LogP contribution is -2.45. The van der Waals surface area contributed by atoms with E-state index in [0.29, 0.717) is 39.2 Å². The van der Waals surface area contributed by atoms with E-state index in [2.05, 4.69) is 49.2 Å². The second kappa shape index (κ2) is 13.5. The van der Waals surface area contributed by atoms with E-state index in [1.54, 1.807) is 34.5 Å². The summed E-state index contributed by atoms with van der Waals surface area (Å²) in [6.45, 7) is 8.87. The predicted octanol–water partition coefficient (Wildman–Crippen LogP) is 3.76. The van der Waals surface area contributed by atoms with Crippen molar-refractivity contribution < 1.29 is 4.79 Å². The number of pyridine rings is 1. The zero-order valence-electron chi connectivity index (χ0n) is 28.2. The molecule has 6 aromatic rings. The highest BCUT2D eigenvalue weighted by atomic mass is 16.2. The van der Waals surface area contributed by atoms with Crippen LogP contribution in [0.3, 0.4) is 0 Å². The Morgan fingerprint density at radius 1 is 0.980 bits per heavy atom. The second-order valence-electron chi connectivity index (χ2n) is 12.6. The largest absolute Gasteiger partial charge is 0.344 e. The molecule has 49 heavy (non-hydrogen) atoms. The first-order valence-corrected chi connectivity index (χ1v) is 16.6. The van der Waals surface area contributed by atoms with E-state index in [1.807, 2.05) is 79.4 Å². The van der Waals surface area contributed by atoms with Gasteiger partial charge in [0.25, 0.3) is 11.5 Å². The molecule has 1 atom stereocenters. The van der Waals surface area contributed by atoms with Gasteiger partial charge in [-0.05, 0) is 56.6 Å². The number of carbonyl (C=O) groups is 1. The van der Waals surface area contributed by atoms with Gasteiger partial charge in [-0.3, -0.25) is 18.8 Å². The highest BCUT2D eigenvalue weighted by Gasteiger charge is 2.23. The first-order chi connectivity index (χ1) is 23.8. The molecule has 248 valence electrons. The van der Waals surface area contributed by atoms with Crippen molar-refractivity contribution in [1.82, 2.24) is 44.1 Å². The van der Waals surface area contributed by atoms with Gasteiger partial charge in [0.15, 0.2) is 5.65 Å². The number of aromatic nitrogens is 6. The average molecular weight is 654 g/mol. The molecule has 0 bridgehead atoms. The molecule has 11 nitrogen and oxygen atoms in total. The number of piperazine rings is 1. The first kappa shape index (κ1) is 32.0. The number of hydrogen-bond donors (Lipinski definition) is 1. The number of nitrogens with one attached hydrogen (secondary N) is 1. The zero-order valence-corrected chi connectivity index (χ0v) is 28.2. The fourth-order valence-electron chi connectivity index (χ4n) is 6.59. The zero-order chi connectivity index (χ0) is 34.1. The highest BCUT2D eigenvalue weighted by Crippen LogP contribution is 2.24. The number of amides is 1. The van der Waals surface area contributed by atoms with Gasteiger partial charge in [0.1, 0.15) is 5.56 Å². The number of carbonyl (C=O) groups excluding carboxylic acids is 1. The van der Waals surface area contributed by atoms with Crippen molar-refractivity contribution >= 4 is 22.3 Å². The third-order valence-electron chi connectivity index (χ3n) is 9.33. The summed E-state index contributed by atoms with van der Waals surface area (Å²) in [5.41, 5.74) is 5.15. The molecule has 0 radical (unpaired) electrons. The standard InChI is InChI=1S/C38H39N9O2/c1-26(41-37(48)34-27(2)42-46-18-9-17-39-36(34)46)33-24-29-11-8-10-28(35(29)38(49)47(33)31-12-6-5-7-13-31)14-15-30-25-40-44(4)32(30)16-19-45-22-20-43(3)21-23-45/h5-13,17-18,24-26H,16,19-23H2,1-4H3,(H,41,48). The van der Waals surface area contributed by atoms with Crippen LogP contribution in [0.5, 0.6) is 0 Å². The summed E-state index contributed by atoms with van der Waals surface area (Å²) in [5.74, 6) is 6.35. The van der Waals surface area contributed by atoms with Crippen LogP contribution in [0.15, 0.2) is 84.0 Å². The molecule has 5 heterocycles. The molecule has 1 fully saturated rings. The van der Waals surface area contributed by atoms with Gasteiger partial charge in [-0.25, -0.2) is 9.50 Å². The van der Waals surface area contributed by atoms with Gasteiger partial charge in [-0.15, -0.1) is 0 Å². The molecule has 4 aromatic heterocycles. The number of aryl methyl sites for hydroxylation is 2. The van der Waals surface area contributed by atoms with Crippen LogP contribution in [0.2, 0.25) is 0 Å². The van der Waals surface area contributed by atoms with Crippen LogP contribution < -0.4 is 10.9 Å². The number of rotatable bonds is 7. The molecule has 7 rings (SSSR count). The normalized spacial score (nSPS) is 14.5. The van der Waals surface area contributed by atoms with Crippen molar-refractivity contribution in [3.05, 3.63) is 123 Å². The third kappa shape index (κ3) is 6.36. The molecule has 2 aromatic carbocycles. The van der Waals surface area contributed by atoms with Crippen molar-refractivity contribution in [2.45, 2.75) is 26.3 Å². The van der Waals surface area contributed by atoms with Gasteiger partial charge in [-0.2, -0.15) is 10.2 Å². The summed E-state index contributed by atoms with van der Waals surface area (Å²) >= 11 is 0. The molecule has 0 aliphatic carbocycles. The lowest BCUT2D eigenvalue weighted by Gasteiger charge is -2.32. The highest BCUT2D eigenvalue weighted by molar-refractivity contribution is 6.01. The Hall–Kier alpha value is -5.57. The van der Waals surface area contributed by atoms with Crippen LogP contribution >= 0.6 is 0 Å². The maximum atomic E-state index is 14.5.